The van der Waals surface area contributed by atoms with Gasteiger partial charge in [-0.05, 0) is 66.7 Å². The Labute approximate surface area is 220 Å². The van der Waals surface area contributed by atoms with Crippen LogP contribution in [0.15, 0.2) is 71.7 Å². The van der Waals surface area contributed by atoms with Crippen LogP contribution in [-0.2, 0) is 14.3 Å². The molecule has 1 aliphatic carbocycles. The molecule has 3 N–H and O–H groups in total. The number of ether oxygens (including phenoxy) is 1. The van der Waals surface area contributed by atoms with Crippen LogP contribution in [0.3, 0.4) is 0 Å². The van der Waals surface area contributed by atoms with Gasteiger partial charge in [0.1, 0.15) is 0 Å². The second-order valence-electron chi connectivity index (χ2n) is 8.68. The summed E-state index contributed by atoms with van der Waals surface area (Å²) in [6.07, 6.45) is 1.58. The minimum absolute atomic E-state index is 0.173. The number of hydrogen-bond donors (Lipinski definition) is 3. The largest absolute Gasteiger partial charge is 0.453 e. The second kappa shape index (κ2) is 11.6. The van der Waals surface area contributed by atoms with Gasteiger partial charge < -0.3 is 20.7 Å². The lowest BCUT2D eigenvalue weighted by Gasteiger charge is -2.19. The lowest BCUT2D eigenvalue weighted by molar-refractivity contribution is -0.128. The van der Waals surface area contributed by atoms with Crippen molar-refractivity contribution in [2.24, 2.45) is 11.8 Å². The number of alkyl carbamates (subject to hydrolysis) is 1. The topological polar surface area (TPSA) is 119 Å². The fraction of sp³-hybridized carbons (Fsp3) is 0.231. The van der Waals surface area contributed by atoms with E-state index in [1.165, 1.54) is 17.7 Å². The summed E-state index contributed by atoms with van der Waals surface area (Å²) in [6, 6.07) is 16.3. The van der Waals surface area contributed by atoms with Crippen LogP contribution in [0.1, 0.15) is 12.8 Å². The van der Waals surface area contributed by atoms with E-state index < -0.39 is 24.0 Å². The van der Waals surface area contributed by atoms with Crippen molar-refractivity contribution in [3.63, 3.8) is 0 Å². The molecule has 0 saturated heterocycles. The Balaban J connectivity index is 1.52. The van der Waals surface area contributed by atoms with Gasteiger partial charge in [-0.1, -0.05) is 17.7 Å². The maximum Gasteiger partial charge on any atom is 0.407 e. The molecule has 0 radical (unpaired) electrons. The molecule has 3 amide bonds. The number of anilines is 2. The fourth-order valence-electron chi connectivity index (χ4n) is 4.41. The van der Waals surface area contributed by atoms with Crippen molar-refractivity contribution in [1.82, 2.24) is 9.88 Å². The summed E-state index contributed by atoms with van der Waals surface area (Å²) < 4.78 is 6.18. The maximum absolute atomic E-state index is 13.4. The van der Waals surface area contributed by atoms with Crippen LogP contribution in [0.4, 0.5) is 16.2 Å². The smallest absolute Gasteiger partial charge is 0.407 e. The van der Waals surface area contributed by atoms with Crippen molar-refractivity contribution in [3.05, 3.63) is 82.2 Å². The Morgan fingerprint density at radius 3 is 2.27 bits per heavy atom. The van der Waals surface area contributed by atoms with Crippen molar-refractivity contribution in [2.75, 3.05) is 17.7 Å². The molecule has 0 spiro atoms. The van der Waals surface area contributed by atoms with E-state index in [1.54, 1.807) is 60.8 Å². The van der Waals surface area contributed by atoms with E-state index in [1.807, 2.05) is 0 Å². The van der Waals surface area contributed by atoms with Crippen molar-refractivity contribution in [3.8, 4) is 5.69 Å². The van der Waals surface area contributed by atoms with Gasteiger partial charge in [0.05, 0.1) is 18.9 Å². The number of hydrogen-bond acceptors (Lipinski definition) is 5. The zero-order valence-corrected chi connectivity index (χ0v) is 21.9. The van der Waals surface area contributed by atoms with Gasteiger partial charge in [-0.25, -0.2) is 4.79 Å². The molecular weight excluding hydrogens is 515 g/mol. The van der Waals surface area contributed by atoms with Gasteiger partial charge in [0, 0.05) is 40.4 Å². The molecule has 1 fully saturated rings. The number of aromatic nitrogens is 1. The number of carbonyl (C=O) groups excluding carboxylic acids is 3. The van der Waals surface area contributed by atoms with Gasteiger partial charge in [-0.3, -0.25) is 19.0 Å². The van der Waals surface area contributed by atoms with Crippen LogP contribution in [0, 0.1) is 11.8 Å². The first kappa shape index (κ1) is 26.4. The first-order valence-electron chi connectivity index (χ1n) is 11.5. The molecule has 1 aliphatic rings. The highest BCUT2D eigenvalue weighted by atomic mass is 35.5. The first-order valence-corrected chi connectivity index (χ1v) is 12.5. The van der Waals surface area contributed by atoms with Crippen molar-refractivity contribution in [2.45, 2.75) is 18.9 Å². The molecule has 0 bridgehead atoms. The predicted molar refractivity (Wildman–Crippen MR) is 146 cm³/mol. The molecule has 3 unspecified atom stereocenters. The highest BCUT2D eigenvalue weighted by molar-refractivity contribution is 7.28. The summed E-state index contributed by atoms with van der Waals surface area (Å²) in [5.41, 5.74) is 1.56. The molecule has 1 saturated carbocycles. The van der Waals surface area contributed by atoms with Crippen LogP contribution in [-0.4, -0.2) is 35.6 Å². The summed E-state index contributed by atoms with van der Waals surface area (Å²) in [4.78, 5) is 50.5. The number of pyridine rings is 1. The van der Waals surface area contributed by atoms with Crippen LogP contribution in [0.25, 0.3) is 5.69 Å². The fourth-order valence-corrected chi connectivity index (χ4v) is 4.87. The van der Waals surface area contributed by atoms with E-state index >= 15 is 0 Å². The minimum atomic E-state index is -0.699. The minimum Gasteiger partial charge on any atom is -0.453 e. The molecule has 1 aromatic heterocycles. The monoisotopic (exact) mass is 540 g/mol. The SMILES string of the molecule is COC(=O)NC1CC(C(=O)Nc2ccc(Cl)cc2)[C@@H](C(=O)Nc2ccc(-n3ccccc3=O)cc2P)C1. The Kier molecular flexibility index (Phi) is 8.26. The van der Waals surface area contributed by atoms with Gasteiger partial charge >= 0.3 is 6.09 Å². The van der Waals surface area contributed by atoms with Crippen molar-refractivity contribution >= 4 is 55.4 Å². The standard InChI is InChI=1S/C26H26ClN4O5P/c1-36-26(35)29-17-12-19(24(33)28-16-7-5-15(27)6-8-16)20(13-17)25(34)30-21-10-9-18(14-22(21)37)31-11-3-2-4-23(31)32/h2-11,14,17,19-20H,12-13,37H2,1H3,(H,28,33)(H,29,35)(H,30,34)/t17?,19?,20-/m0/s1. The molecule has 192 valence electrons. The molecular formula is C26H26ClN4O5P. The zero-order valence-electron chi connectivity index (χ0n) is 19.9. The van der Waals surface area contributed by atoms with Crippen LogP contribution < -0.4 is 26.8 Å². The predicted octanol–water partition coefficient (Wildman–Crippen LogP) is 3.32. The highest BCUT2D eigenvalue weighted by Crippen LogP contribution is 2.34. The lowest BCUT2D eigenvalue weighted by Crippen LogP contribution is -2.34. The molecule has 4 atom stereocenters. The molecule has 11 heteroatoms. The Morgan fingerprint density at radius 1 is 0.973 bits per heavy atom. The summed E-state index contributed by atoms with van der Waals surface area (Å²) in [6.45, 7) is 0. The Morgan fingerprint density at radius 2 is 1.65 bits per heavy atom. The molecule has 9 nitrogen and oxygen atoms in total. The van der Waals surface area contributed by atoms with Gasteiger partial charge in [-0.2, -0.15) is 0 Å². The van der Waals surface area contributed by atoms with E-state index in [4.69, 9.17) is 11.6 Å². The third-order valence-corrected chi connectivity index (χ3v) is 6.98. The van der Waals surface area contributed by atoms with Crippen LogP contribution >= 0.6 is 20.8 Å². The van der Waals surface area contributed by atoms with E-state index in [0.29, 0.717) is 27.4 Å². The summed E-state index contributed by atoms with van der Waals surface area (Å²) in [7, 11) is 3.81. The van der Waals surface area contributed by atoms with Gasteiger partial charge in [0.25, 0.3) is 5.56 Å². The number of rotatable bonds is 6. The number of halogens is 1. The summed E-state index contributed by atoms with van der Waals surface area (Å²) in [5, 5.41) is 9.64. The molecule has 2 aromatic carbocycles. The van der Waals surface area contributed by atoms with Gasteiger partial charge in [-0.15, -0.1) is 9.24 Å². The number of amides is 3. The third-order valence-electron chi connectivity index (χ3n) is 6.25. The quantitative estimate of drug-likeness (QED) is 0.415. The Hall–Kier alpha value is -3.68. The van der Waals surface area contributed by atoms with Crippen molar-refractivity contribution in [1.29, 1.82) is 0 Å². The van der Waals surface area contributed by atoms with Crippen LogP contribution in [0.5, 0.6) is 0 Å². The molecule has 0 aliphatic heterocycles. The zero-order chi connectivity index (χ0) is 26.5. The number of benzene rings is 2. The third kappa shape index (κ3) is 6.37. The maximum atomic E-state index is 13.4. The van der Waals surface area contributed by atoms with E-state index in [0.717, 1.165) is 0 Å². The average molecular weight is 541 g/mol. The molecule has 3 aromatic rings. The molecule has 1 heterocycles. The second-order valence-corrected chi connectivity index (χ2v) is 9.74. The number of nitrogens with zero attached hydrogens (tertiary/aromatic N) is 1. The lowest BCUT2D eigenvalue weighted by atomic mass is 9.94. The molecule has 37 heavy (non-hydrogen) atoms. The molecule has 4 rings (SSSR count). The van der Waals surface area contributed by atoms with E-state index in [2.05, 4.69) is 29.9 Å². The first-order chi connectivity index (χ1) is 17.7. The number of methoxy groups -OCH3 is 1. The summed E-state index contributed by atoms with van der Waals surface area (Å²) >= 11 is 5.93. The normalized spacial score (nSPS) is 18.6. The number of carbonyl (C=O) groups is 3. The summed E-state index contributed by atoms with van der Waals surface area (Å²) in [5.74, 6) is -2.07. The Bertz CT molecular complexity index is 1380. The van der Waals surface area contributed by atoms with Gasteiger partial charge in [0.2, 0.25) is 11.8 Å². The highest BCUT2D eigenvalue weighted by Gasteiger charge is 2.43. The van der Waals surface area contributed by atoms with E-state index in [-0.39, 0.29) is 30.2 Å². The average Bonchev–Trinajstić information content (AvgIpc) is 3.31. The van der Waals surface area contributed by atoms with E-state index in [9.17, 15) is 19.2 Å². The van der Waals surface area contributed by atoms with Crippen LogP contribution in [0.2, 0.25) is 5.02 Å². The number of nitrogens with one attached hydrogen (secondary N) is 3. The van der Waals surface area contributed by atoms with Gasteiger partial charge in [0.15, 0.2) is 0 Å². The van der Waals surface area contributed by atoms with Crippen molar-refractivity contribution < 1.29 is 19.1 Å².